The Morgan fingerprint density at radius 3 is 2.48 bits per heavy atom. The monoisotopic (exact) mass is 438 g/mol. The SMILES string of the molecule is CCCn1c(=O)c2c(nc(Oc3cccc(C)c3)n2Cc2ccc(Cl)cc2)n(C)c1=O. The van der Waals surface area contributed by atoms with Gasteiger partial charge in [-0.15, -0.1) is 0 Å². The van der Waals surface area contributed by atoms with Gasteiger partial charge in [-0.05, 0) is 48.7 Å². The van der Waals surface area contributed by atoms with E-state index in [1.807, 2.05) is 50.2 Å². The van der Waals surface area contributed by atoms with Crippen molar-refractivity contribution < 1.29 is 4.74 Å². The van der Waals surface area contributed by atoms with Gasteiger partial charge in [-0.1, -0.05) is 42.8 Å². The highest BCUT2D eigenvalue weighted by atomic mass is 35.5. The molecule has 31 heavy (non-hydrogen) atoms. The largest absolute Gasteiger partial charge is 0.425 e. The van der Waals surface area contributed by atoms with E-state index in [-0.39, 0.29) is 11.6 Å². The molecule has 0 atom stereocenters. The molecule has 0 saturated carbocycles. The van der Waals surface area contributed by atoms with E-state index in [9.17, 15) is 9.59 Å². The Kier molecular flexibility index (Phi) is 5.69. The van der Waals surface area contributed by atoms with Gasteiger partial charge in [-0.25, -0.2) is 4.79 Å². The van der Waals surface area contributed by atoms with Gasteiger partial charge in [0, 0.05) is 18.6 Å². The molecular formula is C23H23ClN4O3. The summed E-state index contributed by atoms with van der Waals surface area (Å²) in [5.41, 5.74) is 1.81. The molecule has 0 bridgehead atoms. The fourth-order valence-corrected chi connectivity index (χ4v) is 3.68. The van der Waals surface area contributed by atoms with Crippen LogP contribution >= 0.6 is 11.6 Å². The first kappa shape index (κ1) is 20.9. The van der Waals surface area contributed by atoms with Crippen molar-refractivity contribution in [2.24, 2.45) is 7.05 Å². The van der Waals surface area contributed by atoms with Crippen molar-refractivity contribution in [3.63, 3.8) is 0 Å². The molecule has 7 nitrogen and oxygen atoms in total. The van der Waals surface area contributed by atoms with Crippen molar-refractivity contribution in [3.05, 3.63) is 85.5 Å². The van der Waals surface area contributed by atoms with Gasteiger partial charge in [0.05, 0.1) is 6.54 Å². The summed E-state index contributed by atoms with van der Waals surface area (Å²) in [5, 5.41) is 0.628. The smallest absolute Gasteiger partial charge is 0.332 e. The van der Waals surface area contributed by atoms with Crippen LogP contribution in [0.3, 0.4) is 0 Å². The molecule has 0 saturated heterocycles. The van der Waals surface area contributed by atoms with Crippen LogP contribution in [-0.4, -0.2) is 18.7 Å². The maximum absolute atomic E-state index is 13.3. The summed E-state index contributed by atoms with van der Waals surface area (Å²) in [6.45, 7) is 4.57. The first-order chi connectivity index (χ1) is 14.9. The number of ether oxygens (including phenoxy) is 1. The Bertz CT molecular complexity index is 1370. The van der Waals surface area contributed by atoms with Crippen LogP contribution in [-0.2, 0) is 20.1 Å². The number of rotatable bonds is 6. The maximum atomic E-state index is 13.3. The van der Waals surface area contributed by atoms with Crippen LogP contribution in [0, 0.1) is 6.92 Å². The summed E-state index contributed by atoms with van der Waals surface area (Å²) in [5.74, 6) is 0.603. The summed E-state index contributed by atoms with van der Waals surface area (Å²) in [6, 6.07) is 15.2. The number of nitrogens with zero attached hydrogens (tertiary/aromatic N) is 4. The van der Waals surface area contributed by atoms with Gasteiger partial charge in [-0.2, -0.15) is 4.98 Å². The molecule has 4 aromatic rings. The summed E-state index contributed by atoms with van der Waals surface area (Å²) in [4.78, 5) is 30.6. The van der Waals surface area contributed by atoms with Crippen LogP contribution in [0.5, 0.6) is 11.8 Å². The van der Waals surface area contributed by atoms with Crippen molar-refractivity contribution in [2.75, 3.05) is 0 Å². The maximum Gasteiger partial charge on any atom is 0.332 e. The number of benzene rings is 2. The molecule has 0 fully saturated rings. The highest BCUT2D eigenvalue weighted by molar-refractivity contribution is 6.30. The molecule has 2 aromatic carbocycles. The van der Waals surface area contributed by atoms with Crippen LogP contribution in [0.25, 0.3) is 11.2 Å². The van der Waals surface area contributed by atoms with Gasteiger partial charge in [0.25, 0.3) is 5.56 Å². The molecule has 4 rings (SSSR count). The fourth-order valence-electron chi connectivity index (χ4n) is 3.55. The molecule has 160 valence electrons. The summed E-state index contributed by atoms with van der Waals surface area (Å²) in [6.07, 6.45) is 0.665. The lowest BCUT2D eigenvalue weighted by molar-refractivity contribution is 0.421. The molecule has 0 unspecified atom stereocenters. The number of fused-ring (bicyclic) bond motifs is 1. The molecule has 0 radical (unpaired) electrons. The predicted octanol–water partition coefficient (Wildman–Crippen LogP) is 4.11. The van der Waals surface area contributed by atoms with Crippen molar-refractivity contribution in [2.45, 2.75) is 33.4 Å². The van der Waals surface area contributed by atoms with E-state index < -0.39 is 5.69 Å². The van der Waals surface area contributed by atoms with Crippen molar-refractivity contribution in [3.8, 4) is 11.8 Å². The van der Waals surface area contributed by atoms with Crippen LogP contribution < -0.4 is 16.0 Å². The molecule has 0 amide bonds. The second-order valence-corrected chi connectivity index (χ2v) is 7.93. The van der Waals surface area contributed by atoms with Crippen LogP contribution in [0.4, 0.5) is 0 Å². The fraction of sp³-hybridized carbons (Fsp3) is 0.261. The van der Waals surface area contributed by atoms with E-state index in [2.05, 4.69) is 4.98 Å². The van der Waals surface area contributed by atoms with Crippen molar-refractivity contribution in [1.29, 1.82) is 0 Å². The Morgan fingerprint density at radius 1 is 1.06 bits per heavy atom. The Morgan fingerprint density at radius 2 is 1.81 bits per heavy atom. The average molecular weight is 439 g/mol. The Labute approximate surface area is 184 Å². The van der Waals surface area contributed by atoms with Crippen LogP contribution in [0.15, 0.2) is 58.1 Å². The molecule has 0 spiro atoms. The van der Waals surface area contributed by atoms with E-state index in [0.29, 0.717) is 41.4 Å². The first-order valence-corrected chi connectivity index (χ1v) is 10.5. The quantitative estimate of drug-likeness (QED) is 0.454. The summed E-state index contributed by atoms with van der Waals surface area (Å²) >= 11 is 6.03. The summed E-state index contributed by atoms with van der Waals surface area (Å²) in [7, 11) is 1.62. The molecule has 0 aliphatic carbocycles. The van der Waals surface area contributed by atoms with Crippen LogP contribution in [0.1, 0.15) is 24.5 Å². The van der Waals surface area contributed by atoms with Gasteiger partial charge in [0.15, 0.2) is 11.2 Å². The second kappa shape index (κ2) is 8.43. The molecule has 0 N–H and O–H groups in total. The molecular weight excluding hydrogens is 416 g/mol. The van der Waals surface area contributed by atoms with Gasteiger partial charge >= 0.3 is 11.7 Å². The van der Waals surface area contributed by atoms with Gasteiger partial charge < -0.3 is 4.74 Å². The zero-order valence-electron chi connectivity index (χ0n) is 17.6. The lowest BCUT2D eigenvalue weighted by atomic mass is 10.2. The van der Waals surface area contributed by atoms with E-state index in [4.69, 9.17) is 16.3 Å². The average Bonchev–Trinajstić information content (AvgIpc) is 3.09. The molecule has 0 aliphatic rings. The number of aryl methyl sites for hydroxylation is 2. The van der Waals surface area contributed by atoms with E-state index in [1.54, 1.807) is 23.7 Å². The number of hydrogen-bond acceptors (Lipinski definition) is 4. The Balaban J connectivity index is 1.95. The predicted molar refractivity (Wildman–Crippen MR) is 121 cm³/mol. The topological polar surface area (TPSA) is 71.1 Å². The lowest BCUT2D eigenvalue weighted by Gasteiger charge is -2.11. The van der Waals surface area contributed by atoms with Gasteiger partial charge in [-0.3, -0.25) is 18.5 Å². The number of imidazole rings is 1. The normalized spacial score (nSPS) is 11.2. The van der Waals surface area contributed by atoms with Crippen LogP contribution in [0.2, 0.25) is 5.02 Å². The van der Waals surface area contributed by atoms with Gasteiger partial charge in [0.1, 0.15) is 5.75 Å². The van der Waals surface area contributed by atoms with Gasteiger partial charge in [0.2, 0.25) is 0 Å². The molecule has 8 heteroatoms. The minimum absolute atomic E-state index is 0.247. The highest BCUT2D eigenvalue weighted by Gasteiger charge is 2.21. The molecule has 0 aliphatic heterocycles. The minimum atomic E-state index is -0.391. The number of aromatic nitrogens is 4. The first-order valence-electron chi connectivity index (χ1n) is 10.1. The highest BCUT2D eigenvalue weighted by Crippen LogP contribution is 2.26. The zero-order chi connectivity index (χ0) is 22.1. The third-order valence-corrected chi connectivity index (χ3v) is 5.35. The van der Waals surface area contributed by atoms with E-state index in [0.717, 1.165) is 11.1 Å². The second-order valence-electron chi connectivity index (χ2n) is 7.50. The Hall–Kier alpha value is -3.32. The third-order valence-electron chi connectivity index (χ3n) is 5.10. The standard InChI is InChI=1S/C23H23ClN4O3/c1-4-12-27-21(29)19-20(26(3)23(27)30)25-22(31-18-7-5-6-15(2)13-18)28(19)14-16-8-10-17(24)11-9-16/h5-11,13H,4,12,14H2,1-3H3. The van der Waals surface area contributed by atoms with Crippen molar-refractivity contribution in [1.82, 2.24) is 18.7 Å². The third kappa shape index (κ3) is 4.01. The minimum Gasteiger partial charge on any atom is -0.425 e. The molecule has 2 aromatic heterocycles. The zero-order valence-corrected chi connectivity index (χ0v) is 18.4. The summed E-state index contributed by atoms with van der Waals surface area (Å²) < 4.78 is 10.4. The van der Waals surface area contributed by atoms with E-state index >= 15 is 0 Å². The molecule has 2 heterocycles. The number of hydrogen-bond donors (Lipinski definition) is 0. The number of halogens is 1. The van der Waals surface area contributed by atoms with E-state index in [1.165, 1.54) is 9.13 Å². The van der Waals surface area contributed by atoms with Crippen molar-refractivity contribution >= 4 is 22.8 Å². The lowest BCUT2D eigenvalue weighted by Crippen LogP contribution is -2.39.